The van der Waals surface area contributed by atoms with E-state index in [0.717, 1.165) is 22.9 Å². The number of nitrogens with zero attached hydrogens (tertiary/aromatic N) is 1. The number of ketones is 1. The number of hydrogen-bond acceptors (Lipinski definition) is 5. The summed E-state index contributed by atoms with van der Waals surface area (Å²) in [5.74, 6) is -0.670. The van der Waals surface area contributed by atoms with Crippen LogP contribution in [0.4, 0.5) is 0 Å². The fourth-order valence-corrected chi connectivity index (χ4v) is 4.57. The number of carbonyl (C=O) groups is 2. The van der Waals surface area contributed by atoms with Crippen molar-refractivity contribution in [2.75, 3.05) is 18.6 Å². The summed E-state index contributed by atoms with van der Waals surface area (Å²) in [7, 11) is -3.18. The summed E-state index contributed by atoms with van der Waals surface area (Å²) in [6, 6.07) is 12.2. The molecule has 160 valence electrons. The molecule has 8 heteroatoms. The third-order valence-corrected chi connectivity index (χ3v) is 6.68. The predicted molar refractivity (Wildman–Crippen MR) is 119 cm³/mol. The Kier molecular flexibility index (Phi) is 4.74. The van der Waals surface area contributed by atoms with Crippen molar-refractivity contribution in [3.05, 3.63) is 69.9 Å². The minimum Gasteiger partial charge on any atom is -0.357 e. The summed E-state index contributed by atoms with van der Waals surface area (Å²) >= 11 is 0. The Balaban J connectivity index is 0.00000289. The lowest BCUT2D eigenvalue weighted by molar-refractivity contribution is 0.0954. The van der Waals surface area contributed by atoms with Crippen LogP contribution in [0.15, 0.2) is 36.4 Å². The van der Waals surface area contributed by atoms with Gasteiger partial charge in [0.25, 0.3) is 5.91 Å². The van der Waals surface area contributed by atoms with E-state index in [0.29, 0.717) is 27.8 Å². The van der Waals surface area contributed by atoms with Crippen LogP contribution in [-0.2, 0) is 15.3 Å². The van der Waals surface area contributed by atoms with Gasteiger partial charge in [-0.05, 0) is 35.9 Å². The highest BCUT2D eigenvalue weighted by atomic mass is 32.2. The quantitative estimate of drug-likeness (QED) is 0.650. The van der Waals surface area contributed by atoms with Gasteiger partial charge in [-0.1, -0.05) is 19.9 Å². The Morgan fingerprint density at radius 2 is 1.97 bits per heavy atom. The van der Waals surface area contributed by atoms with Crippen molar-refractivity contribution in [3.63, 3.8) is 0 Å². The molecular weight excluding hydrogens is 414 g/mol. The first-order chi connectivity index (χ1) is 14.5. The van der Waals surface area contributed by atoms with Crippen LogP contribution in [0.25, 0.3) is 10.9 Å². The van der Waals surface area contributed by atoms with Gasteiger partial charge < -0.3 is 10.3 Å². The second-order valence-corrected chi connectivity index (χ2v) is 10.6. The molecule has 1 aromatic heterocycles. The molecule has 0 saturated carbocycles. The van der Waals surface area contributed by atoms with Gasteiger partial charge in [0, 0.05) is 47.4 Å². The van der Waals surface area contributed by atoms with Gasteiger partial charge in [0.2, 0.25) is 0 Å². The molecule has 0 unspecified atom stereocenters. The van der Waals surface area contributed by atoms with E-state index in [4.69, 9.17) is 0 Å². The van der Waals surface area contributed by atoms with Crippen LogP contribution in [0.3, 0.4) is 0 Å². The lowest BCUT2D eigenvalue weighted by Gasteiger charge is -2.32. The van der Waals surface area contributed by atoms with Crippen molar-refractivity contribution in [1.29, 1.82) is 5.26 Å². The first kappa shape index (κ1) is 20.8. The van der Waals surface area contributed by atoms with E-state index in [1.54, 1.807) is 36.4 Å². The van der Waals surface area contributed by atoms with Gasteiger partial charge in [0.15, 0.2) is 5.78 Å². The zero-order chi connectivity index (χ0) is 22.6. The Hall–Kier alpha value is -3.44. The van der Waals surface area contributed by atoms with Gasteiger partial charge in [-0.25, -0.2) is 8.42 Å². The summed E-state index contributed by atoms with van der Waals surface area (Å²) in [6.07, 6.45) is 1.11. The molecule has 0 spiro atoms. The molecule has 0 saturated heterocycles. The maximum absolute atomic E-state index is 13.3. The fraction of sp³-hybridized carbons (Fsp3) is 0.261. The number of amides is 1. The number of nitrogens with one attached hydrogen (secondary N) is 2. The largest absolute Gasteiger partial charge is 0.357 e. The lowest BCUT2D eigenvalue weighted by Crippen LogP contribution is -2.32. The van der Waals surface area contributed by atoms with Crippen LogP contribution in [0.2, 0.25) is 0 Å². The molecule has 0 atom stereocenters. The van der Waals surface area contributed by atoms with E-state index in [2.05, 4.69) is 16.4 Å². The Morgan fingerprint density at radius 3 is 2.65 bits per heavy atom. The highest BCUT2D eigenvalue weighted by Crippen LogP contribution is 2.43. The molecule has 1 heterocycles. The van der Waals surface area contributed by atoms with Gasteiger partial charge in [0.1, 0.15) is 9.84 Å². The zero-order valence-electron chi connectivity index (χ0n) is 17.4. The molecule has 1 aliphatic rings. The standard InChI is InChI=1S/C23H21N3O4S.H2/c1-23(2)17-11-14(22(28)25-8-9-31(3,29)30)5-7-15(17)20(27)19-16-6-4-13(12-24)10-18(16)26-21(19)23;/h4-7,10-11,26H,8-9H2,1-3H3,(H,25,28);1H. The Bertz CT molecular complexity index is 1410. The molecule has 3 aromatic rings. The number of benzene rings is 2. The van der Waals surface area contributed by atoms with E-state index in [1.165, 1.54) is 0 Å². The molecule has 0 radical (unpaired) electrons. The minimum atomic E-state index is -3.18. The first-order valence-electron chi connectivity index (χ1n) is 9.74. The third kappa shape index (κ3) is 3.51. The molecule has 2 aromatic carbocycles. The van der Waals surface area contributed by atoms with E-state index in [-0.39, 0.29) is 19.5 Å². The Morgan fingerprint density at radius 1 is 1.23 bits per heavy atom. The van der Waals surface area contributed by atoms with Crippen LogP contribution in [0, 0.1) is 11.3 Å². The topological polar surface area (TPSA) is 120 Å². The van der Waals surface area contributed by atoms with Crippen LogP contribution in [-0.4, -0.2) is 43.6 Å². The van der Waals surface area contributed by atoms with E-state index < -0.39 is 21.2 Å². The van der Waals surface area contributed by atoms with Crippen molar-refractivity contribution in [2.24, 2.45) is 0 Å². The lowest BCUT2D eigenvalue weighted by atomic mass is 9.71. The number of aromatic amines is 1. The van der Waals surface area contributed by atoms with Gasteiger partial charge in [-0.3, -0.25) is 9.59 Å². The molecule has 31 heavy (non-hydrogen) atoms. The third-order valence-electron chi connectivity index (χ3n) is 5.74. The van der Waals surface area contributed by atoms with Crippen molar-refractivity contribution in [1.82, 2.24) is 10.3 Å². The molecular formula is C23H23N3O4S. The highest BCUT2D eigenvalue weighted by molar-refractivity contribution is 7.90. The SMILES string of the molecule is CC1(C)c2cc(C(=O)NCCS(C)(=O)=O)ccc2C(=O)c2c1[nH]c1cc(C#N)ccc21.[HH]. The van der Waals surface area contributed by atoms with E-state index >= 15 is 0 Å². The number of aromatic nitrogens is 1. The van der Waals surface area contributed by atoms with Crippen molar-refractivity contribution >= 4 is 32.4 Å². The maximum Gasteiger partial charge on any atom is 0.251 e. The summed E-state index contributed by atoms with van der Waals surface area (Å²) in [5, 5.41) is 12.6. The van der Waals surface area contributed by atoms with Crippen LogP contribution < -0.4 is 5.32 Å². The maximum atomic E-state index is 13.3. The number of fused-ring (bicyclic) bond motifs is 4. The van der Waals surface area contributed by atoms with Crippen LogP contribution in [0.5, 0.6) is 0 Å². The van der Waals surface area contributed by atoms with Crippen molar-refractivity contribution in [2.45, 2.75) is 19.3 Å². The molecule has 4 rings (SSSR count). The van der Waals surface area contributed by atoms with Crippen molar-refractivity contribution < 1.29 is 19.4 Å². The van der Waals surface area contributed by atoms with Gasteiger partial charge in [-0.2, -0.15) is 5.26 Å². The van der Waals surface area contributed by atoms with Gasteiger partial charge in [-0.15, -0.1) is 0 Å². The number of rotatable bonds is 4. The summed E-state index contributed by atoms with van der Waals surface area (Å²) in [6.45, 7) is 3.97. The van der Waals surface area contributed by atoms with Crippen LogP contribution >= 0.6 is 0 Å². The average Bonchev–Trinajstić information content (AvgIpc) is 3.11. The summed E-state index contributed by atoms with van der Waals surface area (Å²) in [4.78, 5) is 29.2. The molecule has 0 bridgehead atoms. The number of carbonyl (C=O) groups excluding carboxylic acids is 2. The van der Waals surface area contributed by atoms with Gasteiger partial charge >= 0.3 is 0 Å². The van der Waals surface area contributed by atoms with E-state index in [9.17, 15) is 23.3 Å². The molecule has 1 aliphatic carbocycles. The molecule has 7 nitrogen and oxygen atoms in total. The molecule has 1 amide bonds. The number of H-pyrrole nitrogens is 1. The molecule has 2 N–H and O–H groups in total. The zero-order valence-corrected chi connectivity index (χ0v) is 18.2. The summed E-state index contributed by atoms with van der Waals surface area (Å²) < 4.78 is 22.6. The second-order valence-electron chi connectivity index (χ2n) is 8.35. The second kappa shape index (κ2) is 7.06. The first-order valence-corrected chi connectivity index (χ1v) is 11.8. The average molecular weight is 438 g/mol. The van der Waals surface area contributed by atoms with Gasteiger partial charge in [0.05, 0.1) is 22.9 Å². The van der Waals surface area contributed by atoms with Crippen LogP contribution in [0.1, 0.15) is 58.4 Å². The number of nitriles is 1. The fourth-order valence-electron chi connectivity index (χ4n) is 4.09. The molecule has 0 fully saturated rings. The number of sulfone groups is 1. The monoisotopic (exact) mass is 437 g/mol. The predicted octanol–water partition coefficient (Wildman–Crippen LogP) is 2.93. The smallest absolute Gasteiger partial charge is 0.251 e. The van der Waals surface area contributed by atoms with E-state index in [1.807, 2.05) is 13.8 Å². The summed E-state index contributed by atoms with van der Waals surface area (Å²) in [5.41, 5.74) is 3.56. The molecule has 0 aliphatic heterocycles. The van der Waals surface area contributed by atoms with Crippen molar-refractivity contribution in [3.8, 4) is 6.07 Å². The minimum absolute atomic E-state index is 0. The Labute approximate surface area is 181 Å². The highest BCUT2D eigenvalue weighted by Gasteiger charge is 2.40. The number of hydrogen-bond donors (Lipinski definition) is 2. The normalized spacial score (nSPS) is 14.6.